The lowest BCUT2D eigenvalue weighted by atomic mass is 9.86. The van der Waals surface area contributed by atoms with Gasteiger partial charge in [0.15, 0.2) is 0 Å². The molecule has 1 aliphatic rings. The van der Waals surface area contributed by atoms with Crippen LogP contribution in [-0.2, 0) is 4.74 Å². The van der Waals surface area contributed by atoms with Crippen LogP contribution in [-0.4, -0.2) is 19.8 Å². The Morgan fingerprint density at radius 1 is 1.17 bits per heavy atom. The Morgan fingerprint density at radius 2 is 1.72 bits per heavy atom. The molecule has 1 aromatic rings. The summed E-state index contributed by atoms with van der Waals surface area (Å²) in [5, 5.41) is 3.15. The Labute approximate surface area is 106 Å². The van der Waals surface area contributed by atoms with E-state index in [0.29, 0.717) is 5.56 Å². The van der Waals surface area contributed by atoms with Crippen LogP contribution in [0.2, 0.25) is 0 Å². The quantitative estimate of drug-likeness (QED) is 0.892. The van der Waals surface area contributed by atoms with Gasteiger partial charge in [0, 0.05) is 13.2 Å². The molecule has 1 fully saturated rings. The zero-order valence-corrected chi connectivity index (χ0v) is 10.8. The first-order valence-corrected chi connectivity index (χ1v) is 6.30. The molecule has 1 N–H and O–H groups in total. The van der Waals surface area contributed by atoms with Gasteiger partial charge in [-0.3, -0.25) is 0 Å². The van der Waals surface area contributed by atoms with Crippen molar-refractivity contribution in [1.82, 2.24) is 5.32 Å². The summed E-state index contributed by atoms with van der Waals surface area (Å²) >= 11 is 0. The van der Waals surface area contributed by atoms with Crippen molar-refractivity contribution in [2.45, 2.75) is 37.3 Å². The molecule has 1 unspecified atom stereocenters. The van der Waals surface area contributed by atoms with Crippen LogP contribution in [0.5, 0.6) is 0 Å². The first-order valence-electron chi connectivity index (χ1n) is 6.30. The second kappa shape index (κ2) is 5.33. The number of hydrogen-bond donors (Lipinski definition) is 1. The largest absolute Gasteiger partial charge is 0.376 e. The number of nitrogens with one attached hydrogen (secondary N) is 1. The van der Waals surface area contributed by atoms with Crippen molar-refractivity contribution in [2.24, 2.45) is 0 Å². The minimum absolute atomic E-state index is 0.185. The van der Waals surface area contributed by atoms with Crippen molar-refractivity contribution >= 4 is 0 Å². The number of ether oxygens (including phenoxy) is 1. The Hall–Kier alpha value is -1.00. The minimum Gasteiger partial charge on any atom is -0.376 e. The van der Waals surface area contributed by atoms with E-state index in [1.165, 1.54) is 12.1 Å². The molecule has 0 amide bonds. The van der Waals surface area contributed by atoms with Crippen LogP contribution >= 0.6 is 0 Å². The van der Waals surface area contributed by atoms with Gasteiger partial charge < -0.3 is 10.1 Å². The highest BCUT2D eigenvalue weighted by molar-refractivity contribution is 5.25. The topological polar surface area (TPSA) is 21.3 Å². The zero-order chi connectivity index (χ0) is 13.2. The lowest BCUT2D eigenvalue weighted by molar-refractivity contribution is -0.0350. The third kappa shape index (κ3) is 2.40. The standard InChI is InChI=1S/C14H19F2NO/c1-17-13(14(18-2)5-3-4-6-14)10-7-11(15)9-12(16)8-10/h7-9,13,17H,3-6H2,1-2H3. The SMILES string of the molecule is CNC(c1cc(F)cc(F)c1)C1(OC)CCCC1. The van der Waals surface area contributed by atoms with E-state index in [2.05, 4.69) is 5.32 Å². The van der Waals surface area contributed by atoms with Crippen molar-refractivity contribution in [3.05, 3.63) is 35.4 Å². The third-order valence-corrected chi connectivity index (χ3v) is 3.89. The number of hydrogen-bond acceptors (Lipinski definition) is 2. The summed E-state index contributed by atoms with van der Waals surface area (Å²) < 4.78 is 32.3. The summed E-state index contributed by atoms with van der Waals surface area (Å²) in [4.78, 5) is 0. The molecule has 0 heterocycles. The predicted molar refractivity (Wildman–Crippen MR) is 66.4 cm³/mol. The van der Waals surface area contributed by atoms with Crippen LogP contribution < -0.4 is 5.32 Å². The lowest BCUT2D eigenvalue weighted by Crippen LogP contribution is -2.42. The molecule has 2 nitrogen and oxygen atoms in total. The molecule has 0 aromatic heterocycles. The highest BCUT2D eigenvalue weighted by atomic mass is 19.1. The van der Waals surface area contributed by atoms with Crippen molar-refractivity contribution in [2.75, 3.05) is 14.2 Å². The molecule has 0 saturated heterocycles. The van der Waals surface area contributed by atoms with Crippen LogP contribution in [0.15, 0.2) is 18.2 Å². The van der Waals surface area contributed by atoms with E-state index in [4.69, 9.17) is 4.74 Å². The highest BCUT2D eigenvalue weighted by Gasteiger charge is 2.41. The Kier molecular flexibility index (Phi) is 3.97. The number of halogens is 2. The molecule has 100 valence electrons. The van der Waals surface area contributed by atoms with Gasteiger partial charge >= 0.3 is 0 Å². The molecule has 1 atom stereocenters. The van der Waals surface area contributed by atoms with Gasteiger partial charge in [-0.15, -0.1) is 0 Å². The van der Waals surface area contributed by atoms with Crippen LogP contribution in [0, 0.1) is 11.6 Å². The molecule has 0 bridgehead atoms. The van der Waals surface area contributed by atoms with Crippen molar-refractivity contribution in [3.63, 3.8) is 0 Å². The molecular weight excluding hydrogens is 236 g/mol. The van der Waals surface area contributed by atoms with Gasteiger partial charge in [-0.2, -0.15) is 0 Å². The van der Waals surface area contributed by atoms with Gasteiger partial charge in [0.1, 0.15) is 11.6 Å². The summed E-state index contributed by atoms with van der Waals surface area (Å²) in [6.07, 6.45) is 3.99. The first kappa shape index (κ1) is 13.4. The van der Waals surface area contributed by atoms with E-state index >= 15 is 0 Å². The third-order valence-electron chi connectivity index (χ3n) is 3.89. The maximum absolute atomic E-state index is 13.3. The number of benzene rings is 1. The number of methoxy groups -OCH3 is 1. The van der Waals surface area contributed by atoms with Crippen LogP contribution in [0.25, 0.3) is 0 Å². The predicted octanol–water partition coefficient (Wildman–Crippen LogP) is 3.18. The lowest BCUT2D eigenvalue weighted by Gasteiger charge is -2.36. The van der Waals surface area contributed by atoms with Gasteiger partial charge in [-0.25, -0.2) is 8.78 Å². The minimum atomic E-state index is -0.547. The monoisotopic (exact) mass is 255 g/mol. The summed E-state index contributed by atoms with van der Waals surface area (Å²) in [5.41, 5.74) is 0.258. The van der Waals surface area contributed by atoms with E-state index in [9.17, 15) is 8.78 Å². The maximum Gasteiger partial charge on any atom is 0.126 e. The molecule has 4 heteroatoms. The average molecular weight is 255 g/mol. The fourth-order valence-electron chi connectivity index (χ4n) is 3.06. The highest BCUT2D eigenvalue weighted by Crippen LogP contribution is 2.42. The molecule has 18 heavy (non-hydrogen) atoms. The number of rotatable bonds is 4. The van der Waals surface area contributed by atoms with E-state index in [1.807, 2.05) is 0 Å². The van der Waals surface area contributed by atoms with E-state index in [0.717, 1.165) is 31.7 Å². The molecule has 1 aromatic carbocycles. The molecule has 0 spiro atoms. The summed E-state index contributed by atoms with van der Waals surface area (Å²) in [6.45, 7) is 0. The second-order valence-corrected chi connectivity index (χ2v) is 4.90. The fraction of sp³-hybridized carbons (Fsp3) is 0.571. The molecular formula is C14H19F2NO. The molecule has 2 rings (SSSR count). The fourth-order valence-corrected chi connectivity index (χ4v) is 3.06. The van der Waals surface area contributed by atoms with Crippen molar-refractivity contribution < 1.29 is 13.5 Å². The van der Waals surface area contributed by atoms with Gasteiger partial charge in [-0.1, -0.05) is 12.8 Å². The molecule has 1 saturated carbocycles. The molecule has 1 aliphatic carbocycles. The van der Waals surface area contributed by atoms with E-state index in [1.54, 1.807) is 14.2 Å². The summed E-state index contributed by atoms with van der Waals surface area (Å²) in [7, 11) is 3.47. The normalized spacial score (nSPS) is 20.0. The van der Waals surface area contributed by atoms with Gasteiger partial charge in [0.2, 0.25) is 0 Å². The van der Waals surface area contributed by atoms with E-state index in [-0.39, 0.29) is 11.6 Å². The van der Waals surface area contributed by atoms with Gasteiger partial charge in [0.05, 0.1) is 11.6 Å². The Bertz CT molecular complexity index is 396. The van der Waals surface area contributed by atoms with Crippen LogP contribution in [0.1, 0.15) is 37.3 Å². The van der Waals surface area contributed by atoms with Crippen molar-refractivity contribution in [1.29, 1.82) is 0 Å². The van der Waals surface area contributed by atoms with Crippen molar-refractivity contribution in [3.8, 4) is 0 Å². The van der Waals surface area contributed by atoms with Gasteiger partial charge in [-0.05, 0) is 37.6 Å². The summed E-state index contributed by atoms with van der Waals surface area (Å²) in [6, 6.07) is 3.46. The smallest absolute Gasteiger partial charge is 0.126 e. The molecule has 0 aliphatic heterocycles. The van der Waals surface area contributed by atoms with Crippen LogP contribution in [0.3, 0.4) is 0 Å². The average Bonchev–Trinajstić information content (AvgIpc) is 2.78. The van der Waals surface area contributed by atoms with Crippen LogP contribution in [0.4, 0.5) is 8.78 Å². The summed E-state index contributed by atoms with van der Waals surface area (Å²) in [5.74, 6) is -1.09. The second-order valence-electron chi connectivity index (χ2n) is 4.90. The molecule has 0 radical (unpaired) electrons. The zero-order valence-electron chi connectivity index (χ0n) is 10.8. The Morgan fingerprint density at radius 3 is 2.17 bits per heavy atom. The maximum atomic E-state index is 13.3. The number of likely N-dealkylation sites (N-methyl/N-ethyl adjacent to an activating group) is 1. The van der Waals surface area contributed by atoms with E-state index < -0.39 is 11.6 Å². The van der Waals surface area contributed by atoms with Gasteiger partial charge in [0.25, 0.3) is 0 Å². The first-order chi connectivity index (χ1) is 8.61. The Balaban J connectivity index is 2.37.